The largest absolute Gasteiger partial charge is 0.384 e. The Morgan fingerprint density at radius 3 is 2.05 bits per heavy atom. The minimum absolute atomic E-state index is 0.572. The summed E-state index contributed by atoms with van der Waals surface area (Å²) >= 11 is 3.47. The summed E-state index contributed by atoms with van der Waals surface area (Å²) < 4.78 is 0.994. The Bertz CT molecular complexity index is 617. The smallest absolute Gasteiger partial charge is 0.105 e. The van der Waals surface area contributed by atoms with Gasteiger partial charge in [0, 0.05) is 4.47 Å². The summed E-state index contributed by atoms with van der Waals surface area (Å²) in [7, 11) is 0. The van der Waals surface area contributed by atoms with Gasteiger partial charge in [-0.3, -0.25) is 0 Å². The van der Waals surface area contributed by atoms with Crippen molar-refractivity contribution in [1.82, 2.24) is 0 Å². The normalized spacial score (nSPS) is 12.5. The molecule has 2 aromatic carbocycles. The molecular weight excluding hydrogens is 300 g/mol. The molecule has 0 aromatic heterocycles. The van der Waals surface area contributed by atoms with Gasteiger partial charge in [0.15, 0.2) is 0 Å². The molecule has 100 valence electrons. The molecule has 2 rings (SSSR count). The molecule has 0 amide bonds. The molecule has 0 spiro atoms. The van der Waals surface area contributed by atoms with Gasteiger partial charge in [-0.1, -0.05) is 34.1 Å². The number of rotatable bonds is 2. The van der Waals surface area contributed by atoms with Crippen LogP contribution in [0.4, 0.5) is 0 Å². The van der Waals surface area contributed by atoms with E-state index in [1.807, 2.05) is 25.1 Å². The Balaban J connectivity index is 2.52. The highest BCUT2D eigenvalue weighted by molar-refractivity contribution is 9.10. The van der Waals surface area contributed by atoms with Crippen LogP contribution in [0.5, 0.6) is 0 Å². The Hall–Kier alpha value is -1.12. The molecule has 1 nitrogen and oxygen atoms in total. The summed E-state index contributed by atoms with van der Waals surface area (Å²) in [5, 5.41) is 10.7. The first-order valence-electron chi connectivity index (χ1n) is 6.42. The van der Waals surface area contributed by atoms with E-state index in [2.05, 4.69) is 48.8 Å². The lowest BCUT2D eigenvalue weighted by atomic mass is 9.92. The summed E-state index contributed by atoms with van der Waals surface area (Å²) in [6, 6.07) is 10.3. The van der Waals surface area contributed by atoms with Crippen molar-refractivity contribution in [1.29, 1.82) is 0 Å². The molecule has 0 bridgehead atoms. The first kappa shape index (κ1) is 14.3. The second-order valence-corrected chi connectivity index (χ2v) is 6.11. The van der Waals surface area contributed by atoms with Gasteiger partial charge in [0.1, 0.15) is 6.10 Å². The molecule has 0 saturated heterocycles. The van der Waals surface area contributed by atoms with Crippen LogP contribution < -0.4 is 0 Å². The molecule has 1 N–H and O–H groups in total. The van der Waals surface area contributed by atoms with Crippen LogP contribution in [-0.4, -0.2) is 5.11 Å². The maximum atomic E-state index is 10.7. The average molecular weight is 319 g/mol. The number of benzene rings is 2. The molecule has 0 heterocycles. The minimum atomic E-state index is -0.572. The van der Waals surface area contributed by atoms with Crippen LogP contribution in [0.25, 0.3) is 0 Å². The van der Waals surface area contributed by atoms with Crippen molar-refractivity contribution in [3.8, 4) is 0 Å². The van der Waals surface area contributed by atoms with Gasteiger partial charge in [-0.05, 0) is 73.2 Å². The maximum absolute atomic E-state index is 10.7. The molecule has 19 heavy (non-hydrogen) atoms. The van der Waals surface area contributed by atoms with E-state index in [1.54, 1.807) is 0 Å². The predicted octanol–water partition coefficient (Wildman–Crippen LogP) is 4.76. The highest BCUT2D eigenvalue weighted by Crippen LogP contribution is 2.30. The van der Waals surface area contributed by atoms with E-state index < -0.39 is 6.10 Å². The van der Waals surface area contributed by atoms with Gasteiger partial charge in [-0.15, -0.1) is 0 Å². The number of halogens is 1. The van der Waals surface area contributed by atoms with E-state index in [0.717, 1.165) is 26.7 Å². The Morgan fingerprint density at radius 1 is 0.789 bits per heavy atom. The molecule has 0 radical (unpaired) electrons. The second-order valence-electron chi connectivity index (χ2n) is 5.20. The Morgan fingerprint density at radius 2 is 1.37 bits per heavy atom. The Kier molecular flexibility index (Phi) is 4.12. The fourth-order valence-corrected chi connectivity index (χ4v) is 2.73. The number of aryl methyl sites for hydroxylation is 4. The van der Waals surface area contributed by atoms with Crippen molar-refractivity contribution in [2.24, 2.45) is 0 Å². The Labute approximate surface area is 123 Å². The molecule has 0 fully saturated rings. The van der Waals surface area contributed by atoms with E-state index in [-0.39, 0.29) is 0 Å². The number of hydrogen-bond donors (Lipinski definition) is 1. The third-order valence-electron chi connectivity index (χ3n) is 3.71. The van der Waals surface area contributed by atoms with Crippen molar-refractivity contribution in [3.05, 3.63) is 68.2 Å². The van der Waals surface area contributed by atoms with E-state index in [4.69, 9.17) is 0 Å². The summed E-state index contributed by atoms with van der Waals surface area (Å²) in [6.07, 6.45) is -0.572. The van der Waals surface area contributed by atoms with Crippen LogP contribution in [0.1, 0.15) is 39.5 Å². The molecule has 2 aromatic rings. The molecule has 0 aliphatic carbocycles. The number of hydrogen-bond acceptors (Lipinski definition) is 1. The monoisotopic (exact) mass is 318 g/mol. The molecule has 1 atom stereocenters. The van der Waals surface area contributed by atoms with Gasteiger partial charge in [0.25, 0.3) is 0 Å². The van der Waals surface area contributed by atoms with Crippen molar-refractivity contribution < 1.29 is 5.11 Å². The topological polar surface area (TPSA) is 20.2 Å². The standard InChI is InChI=1S/C17H19BrO/c1-10-5-6-14(18)9-16(10)17(19)15-8-12(3)11(2)7-13(15)4/h5-9,17,19H,1-4H3. The molecular formula is C17H19BrO. The lowest BCUT2D eigenvalue weighted by Crippen LogP contribution is -2.05. The molecule has 1 unspecified atom stereocenters. The molecule has 0 aliphatic heterocycles. The van der Waals surface area contributed by atoms with Gasteiger partial charge in [-0.2, -0.15) is 0 Å². The highest BCUT2D eigenvalue weighted by atomic mass is 79.9. The summed E-state index contributed by atoms with van der Waals surface area (Å²) in [6.45, 7) is 8.27. The molecule has 2 heteroatoms. The van der Waals surface area contributed by atoms with Gasteiger partial charge < -0.3 is 5.11 Å². The van der Waals surface area contributed by atoms with E-state index >= 15 is 0 Å². The number of aliphatic hydroxyl groups excluding tert-OH is 1. The van der Waals surface area contributed by atoms with Crippen LogP contribution >= 0.6 is 15.9 Å². The van der Waals surface area contributed by atoms with Gasteiger partial charge in [0.2, 0.25) is 0 Å². The van der Waals surface area contributed by atoms with E-state index in [9.17, 15) is 5.11 Å². The summed E-state index contributed by atoms with van der Waals surface area (Å²) in [5.74, 6) is 0. The highest BCUT2D eigenvalue weighted by Gasteiger charge is 2.16. The third kappa shape index (κ3) is 2.90. The summed E-state index contributed by atoms with van der Waals surface area (Å²) in [4.78, 5) is 0. The first-order valence-corrected chi connectivity index (χ1v) is 7.21. The molecule has 0 saturated carbocycles. The van der Waals surface area contributed by atoms with E-state index in [1.165, 1.54) is 11.1 Å². The van der Waals surface area contributed by atoms with Crippen molar-refractivity contribution in [2.75, 3.05) is 0 Å². The van der Waals surface area contributed by atoms with Crippen LogP contribution in [0.15, 0.2) is 34.8 Å². The first-order chi connectivity index (χ1) is 8.90. The van der Waals surface area contributed by atoms with Crippen LogP contribution in [0.3, 0.4) is 0 Å². The zero-order chi connectivity index (χ0) is 14.2. The van der Waals surface area contributed by atoms with Gasteiger partial charge in [-0.25, -0.2) is 0 Å². The van der Waals surface area contributed by atoms with Gasteiger partial charge in [0.05, 0.1) is 0 Å². The molecule has 0 aliphatic rings. The lowest BCUT2D eigenvalue weighted by Gasteiger charge is -2.18. The predicted molar refractivity (Wildman–Crippen MR) is 83.6 cm³/mol. The van der Waals surface area contributed by atoms with Crippen molar-refractivity contribution in [3.63, 3.8) is 0 Å². The van der Waals surface area contributed by atoms with E-state index in [0.29, 0.717) is 0 Å². The number of aliphatic hydroxyl groups is 1. The van der Waals surface area contributed by atoms with Crippen molar-refractivity contribution >= 4 is 15.9 Å². The average Bonchev–Trinajstić information content (AvgIpc) is 2.36. The zero-order valence-corrected chi connectivity index (χ0v) is 13.4. The second kappa shape index (κ2) is 5.48. The quantitative estimate of drug-likeness (QED) is 0.846. The minimum Gasteiger partial charge on any atom is -0.384 e. The van der Waals surface area contributed by atoms with Crippen LogP contribution in [0, 0.1) is 27.7 Å². The van der Waals surface area contributed by atoms with Crippen LogP contribution in [0.2, 0.25) is 0 Å². The summed E-state index contributed by atoms with van der Waals surface area (Å²) in [5.41, 5.74) is 6.67. The lowest BCUT2D eigenvalue weighted by molar-refractivity contribution is 0.218. The van der Waals surface area contributed by atoms with Crippen LogP contribution in [-0.2, 0) is 0 Å². The SMILES string of the molecule is Cc1cc(C)c(C(O)c2cc(Br)ccc2C)cc1C. The van der Waals surface area contributed by atoms with Gasteiger partial charge >= 0.3 is 0 Å². The van der Waals surface area contributed by atoms with Crippen molar-refractivity contribution in [2.45, 2.75) is 33.8 Å². The fraction of sp³-hybridized carbons (Fsp3) is 0.294. The zero-order valence-electron chi connectivity index (χ0n) is 11.8. The maximum Gasteiger partial charge on any atom is 0.105 e. The fourth-order valence-electron chi connectivity index (χ4n) is 2.35. The third-order valence-corrected chi connectivity index (χ3v) is 4.21.